The highest BCUT2D eigenvalue weighted by atomic mass is 16.7. The van der Waals surface area contributed by atoms with Crippen molar-refractivity contribution in [1.29, 1.82) is 0 Å². The second kappa shape index (κ2) is 6.97. The second-order valence-electron chi connectivity index (χ2n) is 5.16. The van der Waals surface area contributed by atoms with Crippen molar-refractivity contribution in [3.05, 3.63) is 11.5 Å². The quantitative estimate of drug-likeness (QED) is 0.246. The third-order valence-electron chi connectivity index (χ3n) is 3.57. The van der Waals surface area contributed by atoms with Crippen molar-refractivity contribution in [2.24, 2.45) is 0 Å². The molecule has 2 rings (SSSR count). The Morgan fingerprint density at radius 1 is 1.13 bits per heavy atom. The number of aliphatic hydroxyl groups excluding tert-OH is 7. The van der Waals surface area contributed by atoms with Gasteiger partial charge in [0.05, 0.1) is 13.2 Å². The lowest BCUT2D eigenvalue weighted by Gasteiger charge is -2.39. The molecule has 23 heavy (non-hydrogen) atoms. The van der Waals surface area contributed by atoms with E-state index in [1.165, 1.54) is 0 Å². The van der Waals surface area contributed by atoms with E-state index in [1.807, 2.05) is 0 Å². The van der Waals surface area contributed by atoms with Gasteiger partial charge in [-0.05, 0) is 0 Å². The van der Waals surface area contributed by atoms with Crippen LogP contribution < -0.4 is 0 Å². The molecule has 7 N–H and O–H groups in total. The molecule has 0 radical (unpaired) electrons. The van der Waals surface area contributed by atoms with Gasteiger partial charge in [-0.3, -0.25) is 0 Å². The molecule has 132 valence electrons. The van der Waals surface area contributed by atoms with E-state index in [0.717, 1.165) is 0 Å². The molecule has 11 nitrogen and oxygen atoms in total. The van der Waals surface area contributed by atoms with Crippen LogP contribution in [0.5, 0.6) is 0 Å². The summed E-state index contributed by atoms with van der Waals surface area (Å²) in [7, 11) is 0. The highest BCUT2D eigenvalue weighted by Gasteiger charge is 2.45. The summed E-state index contributed by atoms with van der Waals surface area (Å²) in [4.78, 5) is 11.0. The Morgan fingerprint density at radius 2 is 1.78 bits per heavy atom. The minimum absolute atomic E-state index is 0.613. The Labute approximate surface area is 129 Å². The lowest BCUT2D eigenvalue weighted by atomic mass is 9.99. The van der Waals surface area contributed by atoms with Crippen LogP contribution in [-0.4, -0.2) is 97.8 Å². The standard InChI is InChI=1S/C12H18O11/c13-1-4-5(15)6(16)9(19)12(22-4)21-2-3(14)10-7(17)8(18)11(20)23-10/h3-6,9-10,12-19H,1-2H2/t3-,4+,5+,6-,9+,10+,12-/m0/s1. The number of hydrogen-bond donors (Lipinski definition) is 7. The first-order valence-corrected chi connectivity index (χ1v) is 6.71. The van der Waals surface area contributed by atoms with Crippen molar-refractivity contribution < 1.29 is 54.8 Å². The van der Waals surface area contributed by atoms with E-state index >= 15 is 0 Å². The molecule has 2 heterocycles. The van der Waals surface area contributed by atoms with E-state index in [0.29, 0.717) is 0 Å². The summed E-state index contributed by atoms with van der Waals surface area (Å²) in [6.45, 7) is -1.26. The van der Waals surface area contributed by atoms with Crippen LogP contribution in [-0.2, 0) is 19.0 Å². The zero-order valence-electron chi connectivity index (χ0n) is 11.7. The molecule has 11 heteroatoms. The first-order chi connectivity index (χ1) is 10.8. The summed E-state index contributed by atoms with van der Waals surface area (Å²) < 4.78 is 14.6. The Balaban J connectivity index is 1.94. The van der Waals surface area contributed by atoms with E-state index in [2.05, 4.69) is 4.74 Å². The summed E-state index contributed by atoms with van der Waals surface area (Å²) in [5.41, 5.74) is 0. The zero-order chi connectivity index (χ0) is 17.3. The van der Waals surface area contributed by atoms with E-state index in [-0.39, 0.29) is 0 Å². The molecule has 0 spiro atoms. The van der Waals surface area contributed by atoms with E-state index in [4.69, 9.17) is 19.7 Å². The van der Waals surface area contributed by atoms with E-state index in [9.17, 15) is 30.3 Å². The minimum Gasteiger partial charge on any atom is -0.505 e. The largest absolute Gasteiger partial charge is 0.505 e. The lowest BCUT2D eigenvalue weighted by Crippen LogP contribution is -2.59. The van der Waals surface area contributed by atoms with E-state index < -0.39 is 73.6 Å². The molecule has 1 fully saturated rings. The van der Waals surface area contributed by atoms with Crippen molar-refractivity contribution in [2.45, 2.75) is 42.9 Å². The number of hydrogen-bond acceptors (Lipinski definition) is 11. The highest BCUT2D eigenvalue weighted by Crippen LogP contribution is 2.24. The third kappa shape index (κ3) is 3.40. The molecule has 0 amide bonds. The van der Waals surface area contributed by atoms with Gasteiger partial charge in [0.1, 0.15) is 30.5 Å². The van der Waals surface area contributed by atoms with Gasteiger partial charge >= 0.3 is 5.97 Å². The van der Waals surface area contributed by atoms with Gasteiger partial charge in [0.15, 0.2) is 18.2 Å². The molecule has 0 aromatic rings. The zero-order valence-corrected chi connectivity index (χ0v) is 11.7. The van der Waals surface area contributed by atoms with Crippen molar-refractivity contribution in [2.75, 3.05) is 13.2 Å². The molecule has 2 aliphatic heterocycles. The molecular formula is C12H18O11. The van der Waals surface area contributed by atoms with Gasteiger partial charge in [0, 0.05) is 0 Å². The minimum atomic E-state index is -1.66. The summed E-state index contributed by atoms with van der Waals surface area (Å²) >= 11 is 0. The number of ether oxygens (including phenoxy) is 3. The average molecular weight is 338 g/mol. The topological polar surface area (TPSA) is 186 Å². The lowest BCUT2D eigenvalue weighted by molar-refractivity contribution is -0.305. The SMILES string of the molecule is O=C1O[C@H]([C@@H](O)CO[C@H]2O[C@H](CO)[C@@H](O)[C@H](O)[C@H]2O)C(O)=C1O. The summed E-state index contributed by atoms with van der Waals surface area (Å²) in [6, 6.07) is 0. The molecule has 0 unspecified atom stereocenters. The fraction of sp³-hybridized carbons (Fsp3) is 0.750. The van der Waals surface area contributed by atoms with Gasteiger partial charge in [0.25, 0.3) is 0 Å². The fourth-order valence-electron chi connectivity index (χ4n) is 2.21. The summed E-state index contributed by atoms with van der Waals surface area (Å²) in [5, 5.41) is 66.3. The molecule has 0 aromatic heterocycles. The van der Waals surface area contributed by atoms with Crippen LogP contribution in [0.2, 0.25) is 0 Å². The molecule has 0 bridgehead atoms. The van der Waals surface area contributed by atoms with Crippen LogP contribution in [0.25, 0.3) is 0 Å². The molecule has 2 aliphatic rings. The first-order valence-electron chi connectivity index (χ1n) is 6.71. The Morgan fingerprint density at radius 3 is 2.30 bits per heavy atom. The number of carbonyl (C=O) groups is 1. The summed E-state index contributed by atoms with van der Waals surface area (Å²) in [6.07, 6.45) is -10.7. The van der Waals surface area contributed by atoms with Gasteiger partial charge < -0.3 is 50.0 Å². The summed E-state index contributed by atoms with van der Waals surface area (Å²) in [5.74, 6) is -3.10. The maximum atomic E-state index is 11.0. The van der Waals surface area contributed by atoms with Gasteiger partial charge in [0.2, 0.25) is 5.76 Å². The van der Waals surface area contributed by atoms with Crippen LogP contribution in [0.1, 0.15) is 0 Å². The van der Waals surface area contributed by atoms with Crippen LogP contribution in [0, 0.1) is 0 Å². The maximum absolute atomic E-state index is 11.0. The molecule has 1 saturated heterocycles. The number of aliphatic hydroxyl groups is 7. The smallest absolute Gasteiger partial charge is 0.377 e. The maximum Gasteiger partial charge on any atom is 0.377 e. The van der Waals surface area contributed by atoms with Crippen LogP contribution in [0.4, 0.5) is 0 Å². The molecule has 0 aromatic carbocycles. The number of rotatable bonds is 5. The van der Waals surface area contributed by atoms with Crippen LogP contribution >= 0.6 is 0 Å². The predicted octanol–water partition coefficient (Wildman–Crippen LogP) is -3.58. The first kappa shape index (κ1) is 17.9. The second-order valence-corrected chi connectivity index (χ2v) is 5.16. The van der Waals surface area contributed by atoms with Crippen molar-refractivity contribution in [1.82, 2.24) is 0 Å². The van der Waals surface area contributed by atoms with E-state index in [1.54, 1.807) is 0 Å². The van der Waals surface area contributed by atoms with Crippen molar-refractivity contribution in [3.63, 3.8) is 0 Å². The number of carbonyl (C=O) groups excluding carboxylic acids is 1. The Kier molecular flexibility index (Phi) is 5.41. The number of esters is 1. The Bertz CT molecular complexity index is 476. The molecule has 0 saturated carbocycles. The van der Waals surface area contributed by atoms with Crippen molar-refractivity contribution >= 4 is 5.97 Å². The average Bonchev–Trinajstić information content (AvgIpc) is 2.79. The monoisotopic (exact) mass is 338 g/mol. The molecule has 0 aliphatic carbocycles. The molecular weight excluding hydrogens is 320 g/mol. The van der Waals surface area contributed by atoms with Crippen molar-refractivity contribution in [3.8, 4) is 0 Å². The van der Waals surface area contributed by atoms with Gasteiger partial charge in [-0.2, -0.15) is 0 Å². The predicted molar refractivity (Wildman–Crippen MR) is 67.9 cm³/mol. The molecule has 7 atom stereocenters. The van der Waals surface area contributed by atoms with Gasteiger partial charge in [-0.15, -0.1) is 0 Å². The third-order valence-corrected chi connectivity index (χ3v) is 3.57. The normalized spacial score (nSPS) is 39.4. The van der Waals surface area contributed by atoms with Crippen LogP contribution in [0.3, 0.4) is 0 Å². The van der Waals surface area contributed by atoms with Crippen LogP contribution in [0.15, 0.2) is 11.5 Å². The highest BCUT2D eigenvalue weighted by molar-refractivity contribution is 5.89. The Hall–Kier alpha value is -1.47. The van der Waals surface area contributed by atoms with Gasteiger partial charge in [-0.1, -0.05) is 0 Å². The van der Waals surface area contributed by atoms with Gasteiger partial charge in [-0.25, -0.2) is 4.79 Å². The number of cyclic esters (lactones) is 1. The fourth-order valence-corrected chi connectivity index (χ4v) is 2.21.